The molecule has 2 heteroatoms. The molecule has 1 unspecified atom stereocenters. The highest BCUT2D eigenvalue weighted by Gasteiger charge is 2.25. The number of hydrogen-bond acceptors (Lipinski definition) is 0. The highest BCUT2D eigenvalue weighted by atomic mass is 19.2. The summed E-state index contributed by atoms with van der Waals surface area (Å²) in [5.41, 5.74) is 0.540. The van der Waals surface area contributed by atoms with E-state index in [0.717, 1.165) is 18.3 Å². The van der Waals surface area contributed by atoms with Crippen LogP contribution in [0.4, 0.5) is 8.78 Å². The SMILES string of the molecule is CCCCC(C)C1CCC(CCc2cccc(F)c2F)CC1. The van der Waals surface area contributed by atoms with E-state index in [2.05, 4.69) is 13.8 Å². The van der Waals surface area contributed by atoms with Gasteiger partial charge in [-0.3, -0.25) is 0 Å². The Balaban J connectivity index is 1.74. The first-order valence-electron chi connectivity index (χ1n) is 9.04. The Labute approximate surface area is 134 Å². The molecule has 0 saturated heterocycles. The van der Waals surface area contributed by atoms with Gasteiger partial charge in [-0.05, 0) is 55.1 Å². The largest absolute Gasteiger partial charge is 0.204 e. The first-order chi connectivity index (χ1) is 10.6. The lowest BCUT2D eigenvalue weighted by Crippen LogP contribution is -2.20. The van der Waals surface area contributed by atoms with Gasteiger partial charge in [-0.15, -0.1) is 0 Å². The Morgan fingerprint density at radius 1 is 1.14 bits per heavy atom. The second kappa shape index (κ2) is 8.64. The van der Waals surface area contributed by atoms with Crippen LogP contribution >= 0.6 is 0 Å². The maximum atomic E-state index is 13.7. The first-order valence-corrected chi connectivity index (χ1v) is 9.04. The molecule has 1 aromatic carbocycles. The molecule has 1 aliphatic rings. The molecule has 2 rings (SSSR count). The van der Waals surface area contributed by atoms with E-state index >= 15 is 0 Å². The highest BCUT2D eigenvalue weighted by molar-refractivity contribution is 5.19. The number of aryl methyl sites for hydroxylation is 1. The van der Waals surface area contributed by atoms with Gasteiger partial charge >= 0.3 is 0 Å². The number of benzene rings is 1. The minimum Gasteiger partial charge on any atom is -0.204 e. The number of hydrogen-bond donors (Lipinski definition) is 0. The molecule has 124 valence electrons. The van der Waals surface area contributed by atoms with Gasteiger partial charge in [0.05, 0.1) is 0 Å². The molecule has 1 aromatic rings. The van der Waals surface area contributed by atoms with Crippen molar-refractivity contribution < 1.29 is 8.78 Å². The molecule has 0 aromatic heterocycles. The molecule has 0 bridgehead atoms. The Hall–Kier alpha value is -0.920. The van der Waals surface area contributed by atoms with E-state index in [1.807, 2.05) is 0 Å². The van der Waals surface area contributed by atoms with Crippen LogP contribution in [0, 0.1) is 29.4 Å². The van der Waals surface area contributed by atoms with Crippen LogP contribution in [0.5, 0.6) is 0 Å². The lowest BCUT2D eigenvalue weighted by Gasteiger charge is -2.32. The second-order valence-electron chi connectivity index (χ2n) is 7.15. The monoisotopic (exact) mass is 308 g/mol. The van der Waals surface area contributed by atoms with E-state index in [9.17, 15) is 8.78 Å². The van der Waals surface area contributed by atoms with Crippen LogP contribution < -0.4 is 0 Å². The zero-order chi connectivity index (χ0) is 15.9. The quantitative estimate of drug-likeness (QED) is 0.537. The molecule has 1 fully saturated rings. The minimum absolute atomic E-state index is 0.540. The fraction of sp³-hybridized carbons (Fsp3) is 0.700. The molecule has 0 aliphatic heterocycles. The van der Waals surface area contributed by atoms with Crippen molar-refractivity contribution >= 4 is 0 Å². The number of rotatable bonds is 7. The van der Waals surface area contributed by atoms with Crippen LogP contribution in [0.15, 0.2) is 18.2 Å². The summed E-state index contributed by atoms with van der Waals surface area (Å²) < 4.78 is 26.9. The number of halogens is 2. The predicted molar refractivity (Wildman–Crippen MR) is 88.8 cm³/mol. The smallest absolute Gasteiger partial charge is 0.162 e. The van der Waals surface area contributed by atoms with Gasteiger partial charge in [-0.2, -0.15) is 0 Å². The van der Waals surface area contributed by atoms with E-state index in [1.165, 1.54) is 51.0 Å². The van der Waals surface area contributed by atoms with E-state index in [0.29, 0.717) is 17.9 Å². The first kappa shape index (κ1) is 17.4. The third kappa shape index (κ3) is 4.79. The molecule has 1 saturated carbocycles. The fourth-order valence-corrected chi connectivity index (χ4v) is 3.91. The van der Waals surface area contributed by atoms with Gasteiger partial charge in [0.15, 0.2) is 11.6 Å². The molecule has 1 aliphatic carbocycles. The van der Waals surface area contributed by atoms with E-state index < -0.39 is 11.6 Å². The molecule has 0 amide bonds. The van der Waals surface area contributed by atoms with Crippen molar-refractivity contribution in [1.29, 1.82) is 0 Å². The normalized spacial score (nSPS) is 23.5. The lowest BCUT2D eigenvalue weighted by molar-refractivity contribution is 0.198. The van der Waals surface area contributed by atoms with Crippen LogP contribution in [0.3, 0.4) is 0 Å². The predicted octanol–water partition coefficient (Wildman–Crippen LogP) is 6.53. The Morgan fingerprint density at radius 2 is 1.86 bits per heavy atom. The Kier molecular flexibility index (Phi) is 6.85. The second-order valence-corrected chi connectivity index (χ2v) is 7.15. The van der Waals surface area contributed by atoms with Crippen molar-refractivity contribution in [1.82, 2.24) is 0 Å². The molecule has 0 spiro atoms. The van der Waals surface area contributed by atoms with Gasteiger partial charge in [0.2, 0.25) is 0 Å². The van der Waals surface area contributed by atoms with Gasteiger partial charge in [-0.25, -0.2) is 8.78 Å². The standard InChI is InChI=1S/C20H30F2/c1-3-4-6-15(2)17-12-9-16(10-13-17)11-14-18-7-5-8-19(21)20(18)22/h5,7-8,15-17H,3-4,6,9-14H2,1-2H3. The van der Waals surface area contributed by atoms with Gasteiger partial charge in [-0.1, -0.05) is 58.1 Å². The summed E-state index contributed by atoms with van der Waals surface area (Å²) in [4.78, 5) is 0. The molecule has 0 radical (unpaired) electrons. The van der Waals surface area contributed by atoms with Crippen molar-refractivity contribution in [2.75, 3.05) is 0 Å². The average molecular weight is 308 g/mol. The van der Waals surface area contributed by atoms with Crippen molar-refractivity contribution in [3.05, 3.63) is 35.4 Å². The van der Waals surface area contributed by atoms with E-state index in [4.69, 9.17) is 0 Å². The topological polar surface area (TPSA) is 0 Å². The van der Waals surface area contributed by atoms with Gasteiger partial charge in [0, 0.05) is 0 Å². The van der Waals surface area contributed by atoms with E-state index in [-0.39, 0.29) is 0 Å². The molecular formula is C20H30F2. The maximum Gasteiger partial charge on any atom is 0.162 e. The third-order valence-corrected chi connectivity index (χ3v) is 5.56. The zero-order valence-corrected chi connectivity index (χ0v) is 14.1. The Bertz CT molecular complexity index is 447. The van der Waals surface area contributed by atoms with Crippen LogP contribution in [-0.2, 0) is 6.42 Å². The number of unbranched alkanes of at least 4 members (excludes halogenated alkanes) is 1. The van der Waals surface area contributed by atoms with Crippen molar-refractivity contribution in [3.8, 4) is 0 Å². The van der Waals surface area contributed by atoms with Crippen molar-refractivity contribution in [2.24, 2.45) is 17.8 Å². The minimum atomic E-state index is -0.717. The fourth-order valence-electron chi connectivity index (χ4n) is 3.91. The summed E-state index contributed by atoms with van der Waals surface area (Å²) in [5.74, 6) is 1.06. The lowest BCUT2D eigenvalue weighted by atomic mass is 9.74. The molecule has 0 nitrogen and oxygen atoms in total. The summed E-state index contributed by atoms with van der Waals surface area (Å²) >= 11 is 0. The van der Waals surface area contributed by atoms with Crippen LogP contribution in [0.2, 0.25) is 0 Å². The summed E-state index contributed by atoms with van der Waals surface area (Å²) in [6.45, 7) is 4.66. The van der Waals surface area contributed by atoms with Crippen LogP contribution in [-0.4, -0.2) is 0 Å². The summed E-state index contributed by atoms with van der Waals surface area (Å²) in [7, 11) is 0. The molecule has 1 atom stereocenters. The van der Waals surface area contributed by atoms with Gasteiger partial charge < -0.3 is 0 Å². The molecule has 22 heavy (non-hydrogen) atoms. The molecule has 0 heterocycles. The van der Waals surface area contributed by atoms with Gasteiger partial charge in [0.25, 0.3) is 0 Å². The van der Waals surface area contributed by atoms with Gasteiger partial charge in [0.1, 0.15) is 0 Å². The zero-order valence-electron chi connectivity index (χ0n) is 14.1. The highest BCUT2D eigenvalue weighted by Crippen LogP contribution is 2.37. The van der Waals surface area contributed by atoms with Crippen LogP contribution in [0.1, 0.15) is 70.8 Å². The summed E-state index contributed by atoms with van der Waals surface area (Å²) in [6.07, 6.45) is 10.8. The maximum absolute atomic E-state index is 13.7. The average Bonchev–Trinajstić information content (AvgIpc) is 2.54. The van der Waals surface area contributed by atoms with Crippen molar-refractivity contribution in [2.45, 2.75) is 71.6 Å². The molecule has 0 N–H and O–H groups in total. The third-order valence-electron chi connectivity index (χ3n) is 5.56. The summed E-state index contributed by atoms with van der Waals surface area (Å²) in [5, 5.41) is 0. The van der Waals surface area contributed by atoms with E-state index in [1.54, 1.807) is 12.1 Å². The van der Waals surface area contributed by atoms with Crippen molar-refractivity contribution in [3.63, 3.8) is 0 Å². The molecular weight excluding hydrogens is 278 g/mol. The Morgan fingerprint density at radius 3 is 2.55 bits per heavy atom. The summed E-state index contributed by atoms with van der Waals surface area (Å²) in [6, 6.07) is 4.53. The van der Waals surface area contributed by atoms with Crippen LogP contribution in [0.25, 0.3) is 0 Å².